The van der Waals surface area contributed by atoms with E-state index >= 15 is 0 Å². The molecule has 10 heavy (non-hydrogen) atoms. The Bertz CT molecular complexity index is 149. The summed E-state index contributed by atoms with van der Waals surface area (Å²) in [7, 11) is 0. The van der Waals surface area contributed by atoms with Crippen LogP contribution in [0.2, 0.25) is 0 Å². The van der Waals surface area contributed by atoms with Crippen molar-refractivity contribution >= 4 is 5.97 Å². The number of esters is 1. The Labute approximate surface area is 60.9 Å². The Hall–Kier alpha value is -0.790. The van der Waals surface area contributed by atoms with Crippen molar-refractivity contribution < 1.29 is 9.53 Å². The highest BCUT2D eigenvalue weighted by Crippen LogP contribution is 2.17. The van der Waals surface area contributed by atoms with E-state index in [1.165, 1.54) is 0 Å². The van der Waals surface area contributed by atoms with Crippen LogP contribution < -0.4 is 0 Å². The fraction of sp³-hybridized carbons (Fsp3) is 0.625. The van der Waals surface area contributed by atoms with Crippen molar-refractivity contribution in [2.75, 3.05) is 6.61 Å². The fourth-order valence-electron chi connectivity index (χ4n) is 1.08. The summed E-state index contributed by atoms with van der Waals surface area (Å²) in [5, 5.41) is 0. The molecular weight excluding hydrogens is 128 g/mol. The van der Waals surface area contributed by atoms with Crippen molar-refractivity contribution in [1.82, 2.24) is 0 Å². The number of hydrogen-bond acceptors (Lipinski definition) is 2. The molecule has 2 nitrogen and oxygen atoms in total. The van der Waals surface area contributed by atoms with Gasteiger partial charge in [-0.15, -0.1) is 0 Å². The molecule has 0 saturated heterocycles. The minimum absolute atomic E-state index is 0.0416. The number of ether oxygens (including phenoxy) is 1. The van der Waals surface area contributed by atoms with Crippen molar-refractivity contribution in [3.8, 4) is 0 Å². The van der Waals surface area contributed by atoms with Crippen LogP contribution in [-0.4, -0.2) is 12.6 Å². The number of rotatable bonds is 2. The second-order valence-electron chi connectivity index (χ2n) is 2.36. The van der Waals surface area contributed by atoms with E-state index in [2.05, 4.69) is 0 Å². The largest absolute Gasteiger partial charge is 0.466 e. The Kier molecular flexibility index (Phi) is 2.49. The summed E-state index contributed by atoms with van der Waals surface area (Å²) in [6.07, 6.45) is 5.90. The molecule has 0 aromatic heterocycles. The van der Waals surface area contributed by atoms with Crippen LogP contribution >= 0.6 is 0 Å². The lowest BCUT2D eigenvalue weighted by Gasteiger charge is -2.04. The predicted molar refractivity (Wildman–Crippen MR) is 38.5 cm³/mol. The van der Waals surface area contributed by atoms with Crippen molar-refractivity contribution in [3.05, 3.63) is 12.2 Å². The van der Waals surface area contributed by atoms with Crippen LogP contribution in [0.4, 0.5) is 0 Å². The molecule has 1 rings (SSSR count). The van der Waals surface area contributed by atoms with E-state index in [0.29, 0.717) is 6.61 Å². The third kappa shape index (κ3) is 1.59. The molecule has 1 aliphatic carbocycles. The van der Waals surface area contributed by atoms with Gasteiger partial charge >= 0.3 is 5.97 Å². The minimum Gasteiger partial charge on any atom is -0.466 e. The maximum absolute atomic E-state index is 11.0. The summed E-state index contributed by atoms with van der Waals surface area (Å²) in [5.74, 6) is -0.0313. The molecule has 56 valence electrons. The summed E-state index contributed by atoms with van der Waals surface area (Å²) < 4.78 is 4.84. The highest BCUT2D eigenvalue weighted by atomic mass is 16.5. The van der Waals surface area contributed by atoms with Crippen molar-refractivity contribution in [1.29, 1.82) is 0 Å². The van der Waals surface area contributed by atoms with E-state index in [1.807, 2.05) is 19.1 Å². The summed E-state index contributed by atoms with van der Waals surface area (Å²) in [5.41, 5.74) is 0. The second-order valence-corrected chi connectivity index (χ2v) is 2.36. The molecule has 0 aliphatic heterocycles. The molecule has 0 fully saturated rings. The van der Waals surface area contributed by atoms with Crippen LogP contribution in [0.5, 0.6) is 0 Å². The number of allylic oxidation sites excluding steroid dienone is 1. The molecule has 0 unspecified atom stereocenters. The lowest BCUT2D eigenvalue weighted by molar-refractivity contribution is -0.146. The average Bonchev–Trinajstić information content (AvgIpc) is 2.38. The second kappa shape index (κ2) is 3.40. The van der Waals surface area contributed by atoms with E-state index in [0.717, 1.165) is 12.8 Å². The van der Waals surface area contributed by atoms with Crippen LogP contribution in [-0.2, 0) is 9.53 Å². The van der Waals surface area contributed by atoms with Gasteiger partial charge in [-0.25, -0.2) is 0 Å². The molecule has 0 amide bonds. The lowest BCUT2D eigenvalue weighted by atomic mass is 10.1. The topological polar surface area (TPSA) is 26.3 Å². The van der Waals surface area contributed by atoms with Crippen LogP contribution in [0.25, 0.3) is 0 Å². The zero-order valence-electron chi connectivity index (χ0n) is 6.17. The Morgan fingerprint density at radius 3 is 3.10 bits per heavy atom. The third-order valence-corrected chi connectivity index (χ3v) is 1.60. The van der Waals surface area contributed by atoms with Gasteiger partial charge in [0.2, 0.25) is 0 Å². The number of carbonyl (C=O) groups is 1. The van der Waals surface area contributed by atoms with Crippen LogP contribution in [0.1, 0.15) is 19.8 Å². The van der Waals surface area contributed by atoms with Crippen molar-refractivity contribution in [3.63, 3.8) is 0 Å². The summed E-state index contributed by atoms with van der Waals surface area (Å²) >= 11 is 0. The third-order valence-electron chi connectivity index (χ3n) is 1.60. The van der Waals surface area contributed by atoms with Crippen molar-refractivity contribution in [2.24, 2.45) is 5.92 Å². The molecule has 0 bridgehead atoms. The molecule has 0 aromatic carbocycles. The first-order chi connectivity index (χ1) is 4.84. The van der Waals surface area contributed by atoms with Crippen LogP contribution in [0, 0.1) is 5.92 Å². The Balaban J connectivity index is 2.33. The molecule has 0 saturated carbocycles. The number of hydrogen-bond donors (Lipinski definition) is 0. The fourth-order valence-corrected chi connectivity index (χ4v) is 1.08. The first-order valence-electron chi connectivity index (χ1n) is 3.68. The first-order valence-corrected chi connectivity index (χ1v) is 3.68. The summed E-state index contributed by atoms with van der Waals surface area (Å²) in [6.45, 7) is 2.32. The van der Waals surface area contributed by atoms with Gasteiger partial charge in [0.05, 0.1) is 12.5 Å². The van der Waals surface area contributed by atoms with Gasteiger partial charge in [-0.05, 0) is 19.8 Å². The monoisotopic (exact) mass is 140 g/mol. The van der Waals surface area contributed by atoms with E-state index in [4.69, 9.17) is 4.74 Å². The highest BCUT2D eigenvalue weighted by Gasteiger charge is 2.18. The standard InChI is InChI=1S/C8H12O2/c1-2-10-8(9)7-5-3-4-6-7/h3,5,7H,2,4,6H2,1H3/t7-/m1/s1. The lowest BCUT2D eigenvalue weighted by Crippen LogP contribution is -2.13. The van der Waals surface area contributed by atoms with E-state index in [9.17, 15) is 4.79 Å². The molecule has 2 heteroatoms. The first kappa shape index (κ1) is 7.32. The molecule has 0 N–H and O–H groups in total. The van der Waals surface area contributed by atoms with Gasteiger partial charge in [-0.1, -0.05) is 12.2 Å². The zero-order chi connectivity index (χ0) is 7.40. The predicted octanol–water partition coefficient (Wildman–Crippen LogP) is 1.52. The van der Waals surface area contributed by atoms with Gasteiger partial charge in [-0.3, -0.25) is 4.79 Å². The van der Waals surface area contributed by atoms with Crippen LogP contribution in [0.15, 0.2) is 12.2 Å². The van der Waals surface area contributed by atoms with E-state index in [-0.39, 0.29) is 11.9 Å². The average molecular weight is 140 g/mol. The summed E-state index contributed by atoms with van der Waals surface area (Å²) in [4.78, 5) is 11.0. The van der Waals surface area contributed by atoms with E-state index < -0.39 is 0 Å². The molecule has 0 aromatic rings. The quantitative estimate of drug-likeness (QED) is 0.429. The van der Waals surface area contributed by atoms with Gasteiger partial charge in [0.25, 0.3) is 0 Å². The maximum atomic E-state index is 11.0. The Morgan fingerprint density at radius 1 is 1.80 bits per heavy atom. The smallest absolute Gasteiger partial charge is 0.312 e. The Morgan fingerprint density at radius 2 is 2.60 bits per heavy atom. The van der Waals surface area contributed by atoms with Gasteiger partial charge in [0.1, 0.15) is 0 Å². The molecular formula is C8H12O2. The molecule has 1 atom stereocenters. The summed E-state index contributed by atoms with van der Waals surface area (Å²) in [6, 6.07) is 0. The molecule has 0 heterocycles. The molecule has 1 aliphatic rings. The maximum Gasteiger partial charge on any atom is 0.312 e. The van der Waals surface area contributed by atoms with Gasteiger partial charge in [0.15, 0.2) is 0 Å². The normalized spacial score (nSPS) is 23.1. The minimum atomic E-state index is -0.0729. The van der Waals surface area contributed by atoms with E-state index in [1.54, 1.807) is 0 Å². The molecule has 0 spiro atoms. The van der Waals surface area contributed by atoms with Crippen molar-refractivity contribution in [2.45, 2.75) is 19.8 Å². The number of carbonyl (C=O) groups excluding carboxylic acids is 1. The van der Waals surface area contributed by atoms with Gasteiger partial charge < -0.3 is 4.74 Å². The SMILES string of the molecule is CCOC(=O)[C@@H]1C=CCC1. The van der Waals surface area contributed by atoms with Crippen LogP contribution in [0.3, 0.4) is 0 Å². The zero-order valence-corrected chi connectivity index (χ0v) is 6.17. The van der Waals surface area contributed by atoms with Gasteiger partial charge in [0, 0.05) is 0 Å². The molecule has 0 radical (unpaired) electrons. The van der Waals surface area contributed by atoms with Gasteiger partial charge in [-0.2, -0.15) is 0 Å². The highest BCUT2D eigenvalue weighted by molar-refractivity contribution is 5.74.